The van der Waals surface area contributed by atoms with Crippen molar-refractivity contribution in [2.45, 2.75) is 30.8 Å². The summed E-state index contributed by atoms with van der Waals surface area (Å²) >= 11 is 1.42. The third-order valence-electron chi connectivity index (χ3n) is 5.29. The van der Waals surface area contributed by atoms with Gasteiger partial charge in [-0.3, -0.25) is 9.89 Å². The Morgan fingerprint density at radius 2 is 1.68 bits per heavy atom. The van der Waals surface area contributed by atoms with Crippen LogP contribution in [0.4, 0.5) is 33.6 Å². The van der Waals surface area contributed by atoms with Crippen LogP contribution < -0.4 is 21.3 Å². The Morgan fingerprint density at radius 1 is 0.895 bits per heavy atom. The largest absolute Gasteiger partial charge is 0.345 e. The number of hydrogen-bond donors (Lipinski definition) is 6. The number of benzene rings is 2. The van der Waals surface area contributed by atoms with Gasteiger partial charge in [0.2, 0.25) is 5.91 Å². The lowest BCUT2D eigenvalue weighted by Gasteiger charge is -2.11. The third kappa shape index (κ3) is 6.07. The molecule has 5 rings (SSSR count). The van der Waals surface area contributed by atoms with Crippen LogP contribution in [0.25, 0.3) is 11.0 Å². The van der Waals surface area contributed by atoms with Crippen LogP contribution in [0.2, 0.25) is 0 Å². The van der Waals surface area contributed by atoms with Crippen molar-refractivity contribution in [3.05, 3.63) is 66.1 Å². The SMILES string of the molecule is CC(=O)Nc1cc(Nc2cc(C)nc(Sc3ccc(NC(=O)Nc4ccc5[nH]cnc5c4)cc3C)n2)[nH]n1. The first kappa shape index (κ1) is 24.8. The summed E-state index contributed by atoms with van der Waals surface area (Å²) in [4.78, 5) is 41.0. The molecule has 0 fully saturated rings. The van der Waals surface area contributed by atoms with Crippen molar-refractivity contribution in [2.75, 3.05) is 21.3 Å². The summed E-state index contributed by atoms with van der Waals surface area (Å²) in [6, 6.07) is 14.2. The highest BCUT2D eigenvalue weighted by molar-refractivity contribution is 7.99. The van der Waals surface area contributed by atoms with E-state index in [-0.39, 0.29) is 11.9 Å². The number of nitrogens with one attached hydrogen (secondary N) is 6. The van der Waals surface area contributed by atoms with Gasteiger partial charge in [-0.2, -0.15) is 5.10 Å². The lowest BCUT2D eigenvalue weighted by Crippen LogP contribution is -2.19. The smallest absolute Gasteiger partial charge is 0.323 e. The van der Waals surface area contributed by atoms with Crippen LogP contribution in [0.3, 0.4) is 0 Å². The molecule has 5 aromatic rings. The number of rotatable bonds is 7. The maximum Gasteiger partial charge on any atom is 0.323 e. The van der Waals surface area contributed by atoms with Crippen LogP contribution in [0.1, 0.15) is 18.2 Å². The number of carbonyl (C=O) groups excluding carboxylic acids is 2. The fourth-order valence-electron chi connectivity index (χ4n) is 3.66. The van der Waals surface area contributed by atoms with Gasteiger partial charge in [0.05, 0.1) is 17.4 Å². The fourth-order valence-corrected chi connectivity index (χ4v) is 4.55. The number of H-pyrrole nitrogens is 2. The van der Waals surface area contributed by atoms with E-state index in [1.54, 1.807) is 18.5 Å². The molecule has 3 heterocycles. The van der Waals surface area contributed by atoms with Gasteiger partial charge in [0.1, 0.15) is 11.6 Å². The molecule has 192 valence electrons. The zero-order chi connectivity index (χ0) is 26.6. The number of aromatic amines is 2. The first-order chi connectivity index (χ1) is 18.3. The predicted molar refractivity (Wildman–Crippen MR) is 147 cm³/mol. The molecule has 0 radical (unpaired) electrons. The van der Waals surface area contributed by atoms with Crippen molar-refractivity contribution >= 4 is 63.6 Å². The Bertz CT molecular complexity index is 1640. The maximum absolute atomic E-state index is 12.5. The van der Waals surface area contributed by atoms with Crippen molar-refractivity contribution in [3.8, 4) is 0 Å². The first-order valence-corrected chi connectivity index (χ1v) is 12.4. The highest BCUT2D eigenvalue weighted by Gasteiger charge is 2.11. The zero-order valence-corrected chi connectivity index (χ0v) is 21.5. The molecule has 0 aliphatic carbocycles. The van der Waals surface area contributed by atoms with Gasteiger partial charge >= 0.3 is 6.03 Å². The molecule has 0 aliphatic heterocycles. The molecule has 0 spiro atoms. The number of amides is 3. The standard InChI is InChI=1S/C25H24N10O2S/c1-13-8-16(30-24(37)31-17-4-6-18-19(10-17)27-12-26-18)5-7-20(13)38-25-28-14(2)9-21(33-25)32-23-11-22(34-35-23)29-15(3)36/h4-12H,1-3H3,(H,26,27)(H2,30,31,37)(H3,28,29,32,33,34,35,36). The van der Waals surface area contributed by atoms with Gasteiger partial charge in [0.25, 0.3) is 0 Å². The van der Waals surface area contributed by atoms with Gasteiger partial charge in [-0.1, -0.05) is 0 Å². The molecule has 0 bridgehead atoms. The number of urea groups is 1. The molecular weight excluding hydrogens is 504 g/mol. The summed E-state index contributed by atoms with van der Waals surface area (Å²) in [6.07, 6.45) is 1.61. The minimum Gasteiger partial charge on any atom is -0.345 e. The number of aryl methyl sites for hydroxylation is 2. The molecule has 2 aromatic carbocycles. The van der Waals surface area contributed by atoms with Gasteiger partial charge in [-0.15, -0.1) is 0 Å². The third-order valence-corrected chi connectivity index (χ3v) is 6.33. The second kappa shape index (κ2) is 10.6. The van der Waals surface area contributed by atoms with E-state index in [1.807, 2.05) is 50.2 Å². The average Bonchev–Trinajstić information content (AvgIpc) is 3.49. The van der Waals surface area contributed by atoms with Crippen LogP contribution in [0.5, 0.6) is 0 Å². The normalized spacial score (nSPS) is 10.8. The maximum atomic E-state index is 12.5. The van der Waals surface area contributed by atoms with E-state index in [9.17, 15) is 9.59 Å². The number of fused-ring (bicyclic) bond motifs is 1. The van der Waals surface area contributed by atoms with E-state index in [2.05, 4.69) is 51.4 Å². The van der Waals surface area contributed by atoms with Crippen LogP contribution in [0, 0.1) is 13.8 Å². The molecule has 0 aliphatic rings. The Morgan fingerprint density at radius 3 is 2.47 bits per heavy atom. The molecule has 6 N–H and O–H groups in total. The number of aromatic nitrogens is 6. The van der Waals surface area contributed by atoms with Crippen LogP contribution in [0.15, 0.2) is 64.9 Å². The van der Waals surface area contributed by atoms with Crippen LogP contribution in [-0.4, -0.2) is 42.1 Å². The van der Waals surface area contributed by atoms with Gasteiger partial charge in [-0.05, 0) is 67.6 Å². The molecule has 0 unspecified atom stereocenters. The summed E-state index contributed by atoms with van der Waals surface area (Å²) in [5.74, 6) is 1.37. The van der Waals surface area contributed by atoms with Gasteiger partial charge < -0.3 is 26.3 Å². The van der Waals surface area contributed by atoms with E-state index in [0.717, 1.165) is 27.2 Å². The van der Waals surface area contributed by atoms with Crippen LogP contribution in [-0.2, 0) is 4.79 Å². The lowest BCUT2D eigenvalue weighted by atomic mass is 10.2. The van der Waals surface area contributed by atoms with Gasteiger partial charge in [-0.25, -0.2) is 19.7 Å². The number of nitrogens with zero attached hydrogens (tertiary/aromatic N) is 4. The lowest BCUT2D eigenvalue weighted by molar-refractivity contribution is -0.114. The summed E-state index contributed by atoms with van der Waals surface area (Å²) in [5, 5.41) is 18.8. The van der Waals surface area contributed by atoms with E-state index >= 15 is 0 Å². The van der Waals surface area contributed by atoms with E-state index in [0.29, 0.717) is 34.0 Å². The van der Waals surface area contributed by atoms with E-state index in [4.69, 9.17) is 0 Å². The molecule has 0 saturated heterocycles. The Labute approximate surface area is 221 Å². The van der Waals surface area contributed by atoms with Crippen molar-refractivity contribution in [1.82, 2.24) is 30.1 Å². The molecule has 38 heavy (non-hydrogen) atoms. The minimum absolute atomic E-state index is 0.205. The average molecular weight is 529 g/mol. The fraction of sp³-hybridized carbons (Fsp3) is 0.120. The van der Waals surface area contributed by atoms with Crippen molar-refractivity contribution < 1.29 is 9.59 Å². The van der Waals surface area contributed by atoms with E-state index in [1.165, 1.54) is 18.7 Å². The second-order valence-corrected chi connectivity index (χ2v) is 9.46. The monoisotopic (exact) mass is 528 g/mol. The van der Waals surface area contributed by atoms with Crippen molar-refractivity contribution in [3.63, 3.8) is 0 Å². The van der Waals surface area contributed by atoms with Crippen molar-refractivity contribution in [2.24, 2.45) is 0 Å². The molecule has 0 saturated carbocycles. The molecule has 12 nitrogen and oxygen atoms in total. The Hall–Kier alpha value is -4.91. The summed E-state index contributed by atoms with van der Waals surface area (Å²) in [6.45, 7) is 5.26. The number of carbonyl (C=O) groups is 2. The topological polar surface area (TPSA) is 165 Å². The van der Waals surface area contributed by atoms with Crippen molar-refractivity contribution in [1.29, 1.82) is 0 Å². The summed E-state index contributed by atoms with van der Waals surface area (Å²) in [5.41, 5.74) is 4.72. The molecule has 0 atom stereocenters. The molecule has 3 aromatic heterocycles. The highest BCUT2D eigenvalue weighted by atomic mass is 32.2. The predicted octanol–water partition coefficient (Wildman–Crippen LogP) is 5.19. The van der Waals surface area contributed by atoms with Gasteiger partial charge in [0.15, 0.2) is 11.0 Å². The molecule has 13 heteroatoms. The molecular formula is C25H24N10O2S. The number of hydrogen-bond acceptors (Lipinski definition) is 8. The number of imidazole rings is 1. The Kier molecular flexibility index (Phi) is 6.91. The Balaban J connectivity index is 1.23. The van der Waals surface area contributed by atoms with Crippen LogP contribution >= 0.6 is 11.8 Å². The highest BCUT2D eigenvalue weighted by Crippen LogP contribution is 2.31. The number of anilines is 5. The van der Waals surface area contributed by atoms with E-state index < -0.39 is 0 Å². The molecule has 3 amide bonds. The first-order valence-electron chi connectivity index (χ1n) is 11.6. The summed E-state index contributed by atoms with van der Waals surface area (Å²) in [7, 11) is 0. The quantitative estimate of drug-likeness (QED) is 0.157. The minimum atomic E-state index is -0.349. The zero-order valence-electron chi connectivity index (χ0n) is 20.7. The van der Waals surface area contributed by atoms with Gasteiger partial charge in [0, 0.05) is 41.0 Å². The summed E-state index contributed by atoms with van der Waals surface area (Å²) < 4.78 is 0. The second-order valence-electron chi connectivity index (χ2n) is 8.45.